The van der Waals surface area contributed by atoms with Gasteiger partial charge in [-0.3, -0.25) is 4.79 Å². The first-order valence-electron chi connectivity index (χ1n) is 5.86. The third kappa shape index (κ3) is 3.07. The molecule has 0 saturated heterocycles. The molecule has 2 N–H and O–H groups in total. The molecule has 0 fully saturated rings. The van der Waals surface area contributed by atoms with Gasteiger partial charge in [0.25, 0.3) is 5.91 Å². The summed E-state index contributed by atoms with van der Waals surface area (Å²) in [5.74, 6) is 1.20. The Morgan fingerprint density at radius 3 is 2.63 bits per heavy atom. The SMILES string of the molecule is COc1ccc(CNC(=O)c2cc[nH]c2)cc1OC. The first-order valence-corrected chi connectivity index (χ1v) is 5.86. The van der Waals surface area contributed by atoms with Crippen molar-refractivity contribution in [2.24, 2.45) is 0 Å². The smallest absolute Gasteiger partial charge is 0.253 e. The highest BCUT2D eigenvalue weighted by atomic mass is 16.5. The average Bonchev–Trinajstić information content (AvgIpc) is 2.98. The molecule has 0 atom stereocenters. The van der Waals surface area contributed by atoms with Crippen molar-refractivity contribution in [2.75, 3.05) is 14.2 Å². The number of amides is 1. The van der Waals surface area contributed by atoms with E-state index in [2.05, 4.69) is 10.3 Å². The zero-order chi connectivity index (χ0) is 13.7. The van der Waals surface area contributed by atoms with E-state index in [1.807, 2.05) is 18.2 Å². The molecule has 1 aromatic heterocycles. The van der Waals surface area contributed by atoms with E-state index in [0.29, 0.717) is 23.6 Å². The Kier molecular flexibility index (Phi) is 4.07. The summed E-state index contributed by atoms with van der Waals surface area (Å²) in [7, 11) is 3.17. The van der Waals surface area contributed by atoms with Crippen LogP contribution >= 0.6 is 0 Å². The van der Waals surface area contributed by atoms with Gasteiger partial charge in [-0.05, 0) is 23.8 Å². The minimum atomic E-state index is -0.115. The van der Waals surface area contributed by atoms with Crippen molar-refractivity contribution in [2.45, 2.75) is 6.54 Å². The lowest BCUT2D eigenvalue weighted by Gasteiger charge is -2.10. The number of rotatable bonds is 5. The minimum absolute atomic E-state index is 0.115. The van der Waals surface area contributed by atoms with Crippen molar-refractivity contribution in [1.82, 2.24) is 10.3 Å². The molecule has 0 unspecified atom stereocenters. The second-order valence-electron chi connectivity index (χ2n) is 3.97. The van der Waals surface area contributed by atoms with E-state index in [9.17, 15) is 4.79 Å². The Morgan fingerprint density at radius 1 is 1.21 bits per heavy atom. The number of methoxy groups -OCH3 is 2. The molecule has 0 aliphatic heterocycles. The van der Waals surface area contributed by atoms with Crippen LogP contribution in [0.2, 0.25) is 0 Å². The Hall–Kier alpha value is -2.43. The van der Waals surface area contributed by atoms with Crippen LogP contribution in [0.3, 0.4) is 0 Å². The molecule has 0 saturated carbocycles. The number of aromatic nitrogens is 1. The van der Waals surface area contributed by atoms with Gasteiger partial charge in [-0.2, -0.15) is 0 Å². The highest BCUT2D eigenvalue weighted by Crippen LogP contribution is 2.27. The summed E-state index contributed by atoms with van der Waals surface area (Å²) in [5.41, 5.74) is 1.56. The van der Waals surface area contributed by atoms with E-state index in [0.717, 1.165) is 5.56 Å². The lowest BCUT2D eigenvalue weighted by molar-refractivity contribution is 0.0951. The zero-order valence-electron chi connectivity index (χ0n) is 10.9. The third-order valence-corrected chi connectivity index (χ3v) is 2.76. The molecular formula is C14H16N2O3. The number of hydrogen-bond donors (Lipinski definition) is 2. The maximum absolute atomic E-state index is 11.8. The number of H-pyrrole nitrogens is 1. The summed E-state index contributed by atoms with van der Waals surface area (Å²) in [6, 6.07) is 7.27. The molecular weight excluding hydrogens is 244 g/mol. The normalized spacial score (nSPS) is 10.0. The van der Waals surface area contributed by atoms with Gasteiger partial charge in [0.15, 0.2) is 11.5 Å². The quantitative estimate of drug-likeness (QED) is 0.863. The Bertz CT molecular complexity index is 550. The first-order chi connectivity index (χ1) is 9.24. The van der Waals surface area contributed by atoms with Crippen LogP contribution in [0.1, 0.15) is 15.9 Å². The standard InChI is InChI=1S/C14H16N2O3/c1-18-12-4-3-10(7-13(12)19-2)8-16-14(17)11-5-6-15-9-11/h3-7,9,15H,8H2,1-2H3,(H,16,17). The number of aromatic amines is 1. The van der Waals surface area contributed by atoms with Crippen molar-refractivity contribution in [1.29, 1.82) is 0 Å². The molecule has 0 aliphatic rings. The molecule has 2 aromatic rings. The predicted molar refractivity (Wildman–Crippen MR) is 71.5 cm³/mol. The molecule has 0 radical (unpaired) electrons. The number of carbonyl (C=O) groups is 1. The van der Waals surface area contributed by atoms with Gasteiger partial charge in [0.05, 0.1) is 19.8 Å². The van der Waals surface area contributed by atoms with Crippen LogP contribution in [0, 0.1) is 0 Å². The fourth-order valence-electron chi connectivity index (χ4n) is 1.74. The van der Waals surface area contributed by atoms with E-state index >= 15 is 0 Å². The van der Waals surface area contributed by atoms with Crippen molar-refractivity contribution in [3.8, 4) is 11.5 Å². The average molecular weight is 260 g/mol. The summed E-state index contributed by atoms with van der Waals surface area (Å²) in [5, 5.41) is 2.83. The monoisotopic (exact) mass is 260 g/mol. The molecule has 0 spiro atoms. The highest BCUT2D eigenvalue weighted by Gasteiger charge is 2.07. The Balaban J connectivity index is 2.02. The van der Waals surface area contributed by atoms with Gasteiger partial charge in [0.1, 0.15) is 0 Å². The van der Waals surface area contributed by atoms with E-state index in [1.54, 1.807) is 32.7 Å². The van der Waals surface area contributed by atoms with Crippen LogP contribution in [0.15, 0.2) is 36.7 Å². The zero-order valence-corrected chi connectivity index (χ0v) is 10.9. The lowest BCUT2D eigenvalue weighted by Crippen LogP contribution is -2.22. The predicted octanol–water partition coefficient (Wildman–Crippen LogP) is 1.96. The fraction of sp³-hybridized carbons (Fsp3) is 0.214. The van der Waals surface area contributed by atoms with Gasteiger partial charge < -0.3 is 19.8 Å². The number of nitrogens with one attached hydrogen (secondary N) is 2. The van der Waals surface area contributed by atoms with Crippen LogP contribution in [-0.4, -0.2) is 25.1 Å². The molecule has 5 nitrogen and oxygen atoms in total. The molecule has 1 aromatic carbocycles. The lowest BCUT2D eigenvalue weighted by atomic mass is 10.2. The van der Waals surface area contributed by atoms with E-state index in [-0.39, 0.29) is 5.91 Å². The fourth-order valence-corrected chi connectivity index (χ4v) is 1.74. The van der Waals surface area contributed by atoms with Crippen molar-refractivity contribution in [3.05, 3.63) is 47.8 Å². The van der Waals surface area contributed by atoms with Crippen molar-refractivity contribution < 1.29 is 14.3 Å². The van der Waals surface area contributed by atoms with Crippen LogP contribution in [-0.2, 0) is 6.54 Å². The number of hydrogen-bond acceptors (Lipinski definition) is 3. The molecule has 2 rings (SSSR count). The molecule has 5 heteroatoms. The second kappa shape index (κ2) is 5.95. The third-order valence-electron chi connectivity index (χ3n) is 2.76. The van der Waals surface area contributed by atoms with Gasteiger partial charge in [-0.25, -0.2) is 0 Å². The van der Waals surface area contributed by atoms with E-state index in [1.165, 1.54) is 0 Å². The highest BCUT2D eigenvalue weighted by molar-refractivity contribution is 5.93. The molecule has 100 valence electrons. The molecule has 19 heavy (non-hydrogen) atoms. The number of ether oxygens (including phenoxy) is 2. The van der Waals surface area contributed by atoms with Gasteiger partial charge in [-0.1, -0.05) is 6.07 Å². The molecule has 1 amide bonds. The van der Waals surface area contributed by atoms with Gasteiger partial charge in [0.2, 0.25) is 0 Å². The van der Waals surface area contributed by atoms with Crippen LogP contribution in [0.25, 0.3) is 0 Å². The van der Waals surface area contributed by atoms with Crippen molar-refractivity contribution >= 4 is 5.91 Å². The summed E-state index contributed by atoms with van der Waals surface area (Å²) in [4.78, 5) is 14.6. The summed E-state index contributed by atoms with van der Waals surface area (Å²) in [6.45, 7) is 0.435. The van der Waals surface area contributed by atoms with Gasteiger partial charge >= 0.3 is 0 Å². The number of benzene rings is 1. The summed E-state index contributed by atoms with van der Waals surface area (Å²) < 4.78 is 10.4. The molecule has 0 aliphatic carbocycles. The van der Waals surface area contributed by atoms with Gasteiger partial charge in [0, 0.05) is 18.9 Å². The minimum Gasteiger partial charge on any atom is -0.493 e. The van der Waals surface area contributed by atoms with Crippen LogP contribution in [0.5, 0.6) is 11.5 Å². The Labute approximate surface area is 111 Å². The maximum atomic E-state index is 11.8. The Morgan fingerprint density at radius 2 is 2.00 bits per heavy atom. The second-order valence-corrected chi connectivity index (χ2v) is 3.97. The van der Waals surface area contributed by atoms with Crippen LogP contribution < -0.4 is 14.8 Å². The van der Waals surface area contributed by atoms with E-state index in [4.69, 9.17) is 9.47 Å². The van der Waals surface area contributed by atoms with Crippen molar-refractivity contribution in [3.63, 3.8) is 0 Å². The topological polar surface area (TPSA) is 63.3 Å². The maximum Gasteiger partial charge on any atom is 0.253 e. The van der Waals surface area contributed by atoms with Crippen LogP contribution in [0.4, 0.5) is 0 Å². The molecule has 0 bridgehead atoms. The van der Waals surface area contributed by atoms with Gasteiger partial charge in [-0.15, -0.1) is 0 Å². The molecule has 1 heterocycles. The van der Waals surface area contributed by atoms with E-state index < -0.39 is 0 Å². The number of carbonyl (C=O) groups excluding carboxylic acids is 1. The summed E-state index contributed by atoms with van der Waals surface area (Å²) in [6.07, 6.45) is 3.37. The summed E-state index contributed by atoms with van der Waals surface area (Å²) >= 11 is 0. The largest absolute Gasteiger partial charge is 0.493 e. The first kappa shape index (κ1) is 13.0.